The normalized spacial score (nSPS) is 18.7. The molecule has 0 bridgehead atoms. The molecule has 13 nitrogen and oxygen atoms in total. The zero-order valence-corrected chi connectivity index (χ0v) is 27.2. The first-order valence-corrected chi connectivity index (χ1v) is 16.2. The Morgan fingerprint density at radius 3 is 2.21 bits per heavy atom. The summed E-state index contributed by atoms with van der Waals surface area (Å²) in [6.45, 7) is 7.86. The van der Waals surface area contributed by atoms with Gasteiger partial charge in [0.15, 0.2) is 17.0 Å². The van der Waals surface area contributed by atoms with Gasteiger partial charge in [0.2, 0.25) is 5.82 Å². The summed E-state index contributed by atoms with van der Waals surface area (Å²) in [5.41, 5.74) is 6.20. The minimum absolute atomic E-state index is 0.0411. The molecular weight excluding hydrogens is 629 g/mol. The second-order valence-corrected chi connectivity index (χ2v) is 12.6. The lowest BCUT2D eigenvalue weighted by atomic mass is 10.0. The Bertz CT molecular complexity index is 1600. The number of hydrogen-bond donors (Lipinski definition) is 2. The monoisotopic (exact) mass is 670 g/mol. The van der Waals surface area contributed by atoms with Crippen LogP contribution in [0.15, 0.2) is 30.6 Å². The van der Waals surface area contributed by atoms with Crippen molar-refractivity contribution < 1.29 is 27.9 Å². The topological polar surface area (TPSA) is 147 Å². The van der Waals surface area contributed by atoms with Crippen molar-refractivity contribution in [3.8, 4) is 6.07 Å². The number of anilines is 1. The maximum Gasteiger partial charge on any atom is 0.490 e. The number of carbonyl (C=O) groups excluding carboxylic acids is 1. The quantitative estimate of drug-likeness (QED) is 0.356. The first kappa shape index (κ1) is 35.0. The number of likely N-dealkylation sites (N-methyl/N-ethyl adjacent to an activating group) is 1. The number of nitriles is 1. The molecule has 3 fully saturated rings. The number of aliphatic carboxylic acids is 1. The van der Waals surface area contributed by atoms with Crippen molar-refractivity contribution >= 4 is 28.9 Å². The van der Waals surface area contributed by atoms with E-state index in [0.717, 1.165) is 45.3 Å². The molecule has 2 N–H and O–H groups in total. The van der Waals surface area contributed by atoms with Gasteiger partial charge in [-0.3, -0.25) is 20.0 Å². The van der Waals surface area contributed by atoms with Gasteiger partial charge in [-0.2, -0.15) is 28.4 Å². The van der Waals surface area contributed by atoms with Gasteiger partial charge in [0, 0.05) is 51.4 Å². The summed E-state index contributed by atoms with van der Waals surface area (Å²) in [6, 6.07) is 10.8. The molecule has 1 aliphatic carbocycles. The number of hydrazine groups is 1. The van der Waals surface area contributed by atoms with Crippen molar-refractivity contribution in [3.63, 3.8) is 0 Å². The summed E-state index contributed by atoms with van der Waals surface area (Å²) in [6.07, 6.45) is 3.00. The molecule has 1 aromatic carbocycles. The Morgan fingerprint density at radius 2 is 1.62 bits per heavy atom. The lowest BCUT2D eigenvalue weighted by Gasteiger charge is -2.42. The maximum atomic E-state index is 13.9. The molecule has 258 valence electrons. The number of rotatable bonds is 7. The number of carbonyl (C=O) groups is 2. The molecule has 0 atom stereocenters. The van der Waals surface area contributed by atoms with E-state index in [4.69, 9.17) is 9.90 Å². The maximum absolute atomic E-state index is 13.9. The number of piperazine rings is 1. The Balaban J connectivity index is 0.000000582. The molecule has 2 saturated heterocycles. The van der Waals surface area contributed by atoms with Gasteiger partial charge in [0.25, 0.3) is 5.91 Å². The van der Waals surface area contributed by atoms with Crippen LogP contribution in [0, 0.1) is 11.3 Å². The minimum Gasteiger partial charge on any atom is -0.475 e. The van der Waals surface area contributed by atoms with Crippen LogP contribution in [0.4, 0.5) is 19.0 Å². The van der Waals surface area contributed by atoms with Crippen molar-refractivity contribution in [3.05, 3.63) is 47.5 Å². The number of nitrogens with one attached hydrogen (secondary N) is 1. The van der Waals surface area contributed by atoms with Gasteiger partial charge in [0.05, 0.1) is 12.4 Å². The molecule has 0 spiro atoms. The molecule has 0 unspecified atom stereocenters. The number of aryl methyl sites for hydroxylation is 1. The number of hydrogen-bond acceptors (Lipinski definition) is 10. The highest BCUT2D eigenvalue weighted by atomic mass is 19.4. The Labute approximate surface area is 276 Å². The zero-order chi connectivity index (χ0) is 34.4. The second kappa shape index (κ2) is 15.3. The fraction of sp³-hybridized carbons (Fsp3) is 0.562. The number of carboxylic acid groups (broad SMARTS) is 1. The van der Waals surface area contributed by atoms with Crippen molar-refractivity contribution in [2.24, 2.45) is 7.05 Å². The Hall–Kier alpha value is -4.33. The van der Waals surface area contributed by atoms with E-state index in [2.05, 4.69) is 54.3 Å². The predicted molar refractivity (Wildman–Crippen MR) is 171 cm³/mol. The van der Waals surface area contributed by atoms with Gasteiger partial charge in [-0.15, -0.1) is 0 Å². The number of fused-ring (bicyclic) bond motifs is 1. The van der Waals surface area contributed by atoms with Crippen molar-refractivity contribution in [2.75, 3.05) is 51.7 Å². The standard InChI is InChI=1S/C30H40N10O.C2HF3O2/c1-36-15-17-39(18-16-36)24-11-13-38(14-12-24)20-22-7-9-23(10-8-22)30(41)40(25-5-3-4-6-25)35-28-27-29(37(2)21-32-27)34-26(19-31)33-28;3-2(4,5)1(6)7/h7-10,21,24-25H,3-6,11-18,20H2,1-2H3,(H,33,34,35);(H,6,7). The van der Waals surface area contributed by atoms with E-state index in [1.54, 1.807) is 15.9 Å². The zero-order valence-electron chi connectivity index (χ0n) is 27.2. The number of imidazole rings is 1. The van der Waals surface area contributed by atoms with Crippen LogP contribution in [0.3, 0.4) is 0 Å². The fourth-order valence-corrected chi connectivity index (χ4v) is 6.50. The van der Waals surface area contributed by atoms with Crippen LogP contribution < -0.4 is 5.43 Å². The molecule has 2 aliphatic heterocycles. The molecule has 3 aliphatic rings. The van der Waals surface area contributed by atoms with Crippen LogP contribution in [-0.4, -0.2) is 121 Å². The molecule has 1 saturated carbocycles. The smallest absolute Gasteiger partial charge is 0.475 e. The van der Waals surface area contributed by atoms with Crippen molar-refractivity contribution in [1.82, 2.24) is 39.2 Å². The number of carboxylic acids is 1. The number of amides is 1. The number of piperidine rings is 1. The van der Waals surface area contributed by atoms with E-state index >= 15 is 0 Å². The van der Waals surface area contributed by atoms with Gasteiger partial charge in [0.1, 0.15) is 6.07 Å². The van der Waals surface area contributed by atoms with E-state index in [-0.39, 0.29) is 17.8 Å². The highest BCUT2D eigenvalue weighted by Gasteiger charge is 2.38. The minimum atomic E-state index is -5.08. The van der Waals surface area contributed by atoms with Gasteiger partial charge in [-0.05, 0) is 63.5 Å². The number of nitrogens with zero attached hydrogens (tertiary/aromatic N) is 9. The lowest BCUT2D eigenvalue weighted by molar-refractivity contribution is -0.192. The molecule has 4 heterocycles. The molecule has 3 aromatic rings. The van der Waals surface area contributed by atoms with Crippen molar-refractivity contribution in [1.29, 1.82) is 5.26 Å². The predicted octanol–water partition coefficient (Wildman–Crippen LogP) is 3.49. The molecule has 2 aromatic heterocycles. The average molecular weight is 671 g/mol. The summed E-state index contributed by atoms with van der Waals surface area (Å²) in [5.74, 6) is -2.44. The largest absolute Gasteiger partial charge is 0.490 e. The van der Waals surface area contributed by atoms with Crippen LogP contribution >= 0.6 is 0 Å². The van der Waals surface area contributed by atoms with Crippen molar-refractivity contribution in [2.45, 2.75) is 63.3 Å². The molecule has 0 radical (unpaired) electrons. The SMILES string of the molecule is CN1CCN(C2CCN(Cc3ccc(C(=O)N(Nc4nc(C#N)nc5c4ncn5C)C4CCCC4)cc3)CC2)CC1.O=C(O)C(F)(F)F. The Morgan fingerprint density at radius 1 is 1.00 bits per heavy atom. The van der Waals surface area contributed by atoms with Gasteiger partial charge in [-0.25, -0.2) is 14.8 Å². The number of benzene rings is 1. The molecule has 16 heteroatoms. The van der Waals surface area contributed by atoms with Crippen LogP contribution in [0.25, 0.3) is 11.2 Å². The van der Waals surface area contributed by atoms with Crippen LogP contribution in [0.1, 0.15) is 60.3 Å². The van der Waals surface area contributed by atoms with E-state index in [9.17, 15) is 23.2 Å². The number of aromatic nitrogens is 4. The van der Waals surface area contributed by atoms with Gasteiger partial charge < -0.3 is 14.6 Å². The lowest BCUT2D eigenvalue weighted by Crippen LogP contribution is -2.52. The highest BCUT2D eigenvalue weighted by Crippen LogP contribution is 2.28. The summed E-state index contributed by atoms with van der Waals surface area (Å²) < 4.78 is 33.5. The van der Waals surface area contributed by atoms with Gasteiger partial charge in [-0.1, -0.05) is 25.0 Å². The highest BCUT2D eigenvalue weighted by molar-refractivity contribution is 5.96. The third-order valence-corrected chi connectivity index (χ3v) is 9.26. The number of likely N-dealkylation sites (tertiary alicyclic amines) is 1. The molecule has 6 rings (SSSR count). The van der Waals surface area contributed by atoms with E-state index in [0.29, 0.717) is 28.6 Å². The number of halogens is 3. The Kier molecular flexibility index (Phi) is 11.1. The summed E-state index contributed by atoms with van der Waals surface area (Å²) in [5, 5.41) is 18.3. The first-order chi connectivity index (χ1) is 22.9. The average Bonchev–Trinajstić information content (AvgIpc) is 3.74. The third kappa shape index (κ3) is 8.57. The molecular formula is C32H41F3N10O3. The fourth-order valence-electron chi connectivity index (χ4n) is 6.50. The summed E-state index contributed by atoms with van der Waals surface area (Å²) in [7, 11) is 4.04. The van der Waals surface area contributed by atoms with Gasteiger partial charge >= 0.3 is 12.1 Å². The van der Waals surface area contributed by atoms with Crippen LogP contribution in [0.2, 0.25) is 0 Å². The molecule has 1 amide bonds. The summed E-state index contributed by atoms with van der Waals surface area (Å²) >= 11 is 0. The van der Waals surface area contributed by atoms with Crippen LogP contribution in [-0.2, 0) is 18.4 Å². The van der Waals surface area contributed by atoms with E-state index in [1.807, 2.05) is 25.2 Å². The molecule has 48 heavy (non-hydrogen) atoms. The van der Waals surface area contributed by atoms with Crippen LogP contribution in [0.5, 0.6) is 0 Å². The number of alkyl halides is 3. The van der Waals surface area contributed by atoms with E-state index in [1.165, 1.54) is 44.6 Å². The first-order valence-electron chi connectivity index (χ1n) is 16.2. The summed E-state index contributed by atoms with van der Waals surface area (Å²) in [4.78, 5) is 43.5. The third-order valence-electron chi connectivity index (χ3n) is 9.26. The second-order valence-electron chi connectivity index (χ2n) is 12.6. The van der Waals surface area contributed by atoms with E-state index < -0.39 is 12.1 Å².